The van der Waals surface area contributed by atoms with Gasteiger partial charge in [0, 0.05) is 42.7 Å². The second-order valence-electron chi connectivity index (χ2n) is 8.25. The highest BCUT2D eigenvalue weighted by Crippen LogP contribution is 2.31. The van der Waals surface area contributed by atoms with Crippen LogP contribution in [0.15, 0.2) is 24.3 Å². The number of carbonyl (C=O) groups excluding carboxylic acids is 1. The third-order valence-corrected chi connectivity index (χ3v) is 6.55. The molecule has 2 aliphatic rings. The summed E-state index contributed by atoms with van der Waals surface area (Å²) in [5.41, 5.74) is 3.60. The number of aliphatic carboxylic acids is 1. The van der Waals surface area contributed by atoms with E-state index in [2.05, 4.69) is 17.1 Å². The van der Waals surface area contributed by atoms with E-state index in [9.17, 15) is 14.7 Å². The molecule has 0 saturated heterocycles. The van der Waals surface area contributed by atoms with Gasteiger partial charge in [0.05, 0.1) is 17.0 Å². The Bertz CT molecular complexity index is 927. The predicted molar refractivity (Wildman–Crippen MR) is 112 cm³/mol. The first-order valence-electron chi connectivity index (χ1n) is 10.7. The summed E-state index contributed by atoms with van der Waals surface area (Å²) in [4.78, 5) is 32.1. The summed E-state index contributed by atoms with van der Waals surface area (Å²) in [5, 5.41) is 13.5. The average molecular weight is 396 g/mol. The van der Waals surface area contributed by atoms with Crippen molar-refractivity contribution in [3.05, 3.63) is 41.1 Å². The van der Waals surface area contributed by atoms with Crippen LogP contribution in [0.2, 0.25) is 0 Å². The van der Waals surface area contributed by atoms with Crippen LogP contribution >= 0.6 is 0 Å². The molecule has 0 radical (unpaired) electrons. The molecular formula is C23H29N3O3. The topological polar surface area (TPSA) is 82.5 Å². The molecule has 0 unspecified atom stereocenters. The maximum absolute atomic E-state index is 13.3. The molecule has 1 aromatic heterocycles. The fourth-order valence-electron chi connectivity index (χ4n) is 4.86. The van der Waals surface area contributed by atoms with Crippen LogP contribution in [-0.2, 0) is 17.8 Å². The Morgan fingerprint density at radius 1 is 1.24 bits per heavy atom. The number of hydrogen-bond acceptors (Lipinski definition) is 4. The second-order valence-corrected chi connectivity index (χ2v) is 8.25. The van der Waals surface area contributed by atoms with Crippen LogP contribution in [0.1, 0.15) is 54.2 Å². The van der Waals surface area contributed by atoms with E-state index in [1.54, 1.807) is 0 Å². The Morgan fingerprint density at radius 2 is 2.03 bits per heavy atom. The van der Waals surface area contributed by atoms with Crippen molar-refractivity contribution in [2.75, 3.05) is 19.6 Å². The van der Waals surface area contributed by atoms with Crippen LogP contribution in [-0.4, -0.2) is 46.5 Å². The van der Waals surface area contributed by atoms with Crippen LogP contribution in [0.5, 0.6) is 0 Å². The number of rotatable bonds is 5. The van der Waals surface area contributed by atoms with Gasteiger partial charge in [-0.15, -0.1) is 0 Å². The number of pyridine rings is 1. The van der Waals surface area contributed by atoms with Gasteiger partial charge >= 0.3 is 5.97 Å². The Morgan fingerprint density at radius 3 is 2.83 bits per heavy atom. The number of para-hydroxylation sites is 1. The molecule has 2 atom stereocenters. The lowest BCUT2D eigenvalue weighted by molar-refractivity contribution is -0.144. The van der Waals surface area contributed by atoms with Crippen molar-refractivity contribution in [1.82, 2.24) is 15.2 Å². The third kappa shape index (κ3) is 3.99. The molecule has 154 valence electrons. The zero-order valence-corrected chi connectivity index (χ0v) is 17.0. The lowest BCUT2D eigenvalue weighted by atomic mass is 9.79. The number of carbonyl (C=O) groups is 2. The van der Waals surface area contributed by atoms with Crippen molar-refractivity contribution >= 4 is 22.8 Å². The maximum Gasteiger partial charge on any atom is 0.306 e. The zero-order valence-electron chi connectivity index (χ0n) is 17.0. The van der Waals surface area contributed by atoms with Crippen LogP contribution in [0, 0.1) is 11.8 Å². The van der Waals surface area contributed by atoms with E-state index in [0.717, 1.165) is 67.5 Å². The van der Waals surface area contributed by atoms with Crippen molar-refractivity contribution in [3.8, 4) is 0 Å². The number of carboxylic acids is 1. The molecule has 2 heterocycles. The molecule has 1 aliphatic carbocycles. The molecule has 2 aromatic rings. The average Bonchev–Trinajstić information content (AvgIpc) is 2.75. The van der Waals surface area contributed by atoms with E-state index < -0.39 is 5.97 Å². The van der Waals surface area contributed by atoms with Crippen molar-refractivity contribution in [1.29, 1.82) is 0 Å². The lowest BCUT2D eigenvalue weighted by Crippen LogP contribution is -2.38. The minimum absolute atomic E-state index is 0.00117. The summed E-state index contributed by atoms with van der Waals surface area (Å²) < 4.78 is 0. The predicted octanol–water partition coefficient (Wildman–Crippen LogP) is 3.23. The second kappa shape index (κ2) is 8.49. The summed E-state index contributed by atoms with van der Waals surface area (Å²) in [7, 11) is 0. The smallest absolute Gasteiger partial charge is 0.306 e. The van der Waals surface area contributed by atoms with Crippen molar-refractivity contribution in [2.45, 2.75) is 45.6 Å². The molecule has 1 saturated carbocycles. The summed E-state index contributed by atoms with van der Waals surface area (Å²) in [6, 6.07) is 7.81. The van der Waals surface area contributed by atoms with Gasteiger partial charge in [-0.2, -0.15) is 0 Å². The van der Waals surface area contributed by atoms with E-state index >= 15 is 0 Å². The van der Waals surface area contributed by atoms with E-state index in [-0.39, 0.29) is 17.7 Å². The first kappa shape index (κ1) is 19.8. The summed E-state index contributed by atoms with van der Waals surface area (Å²) in [6.45, 7) is 5.18. The molecule has 0 spiro atoms. The number of hydrogen-bond donors (Lipinski definition) is 2. The SMILES string of the molecule is CCN1CCc2nc3ccccc3c(C(=O)NC[C@@H]3CCCC[C@@H]3C(=O)O)c2C1. The number of nitrogens with zero attached hydrogens (tertiary/aromatic N) is 2. The molecule has 1 aromatic carbocycles. The number of nitrogens with one attached hydrogen (secondary N) is 1. The standard InChI is InChI=1S/C23H29N3O3/c1-2-26-12-11-20-18(14-26)21(17-9-5-6-10-19(17)25-20)22(27)24-13-15-7-3-4-8-16(15)23(28)29/h5-6,9-10,15-16H,2-4,7-8,11-14H2,1H3,(H,24,27)(H,28,29)/t15-,16-/m0/s1. The molecular weight excluding hydrogens is 366 g/mol. The number of carboxylic acid groups (broad SMARTS) is 1. The molecule has 6 heteroatoms. The van der Waals surface area contributed by atoms with Gasteiger partial charge in [0.25, 0.3) is 5.91 Å². The van der Waals surface area contributed by atoms with Gasteiger partial charge in [-0.1, -0.05) is 38.0 Å². The molecule has 0 bridgehead atoms. The van der Waals surface area contributed by atoms with Crippen LogP contribution < -0.4 is 5.32 Å². The molecule has 29 heavy (non-hydrogen) atoms. The summed E-state index contributed by atoms with van der Waals surface area (Å²) >= 11 is 0. The van der Waals surface area contributed by atoms with Gasteiger partial charge in [-0.3, -0.25) is 19.5 Å². The first-order valence-corrected chi connectivity index (χ1v) is 10.7. The Kier molecular flexibility index (Phi) is 5.81. The van der Waals surface area contributed by atoms with Crippen molar-refractivity contribution in [3.63, 3.8) is 0 Å². The van der Waals surface area contributed by atoms with E-state index in [4.69, 9.17) is 4.98 Å². The van der Waals surface area contributed by atoms with Gasteiger partial charge in [0.15, 0.2) is 0 Å². The van der Waals surface area contributed by atoms with Crippen LogP contribution in [0.3, 0.4) is 0 Å². The highest BCUT2D eigenvalue weighted by molar-refractivity contribution is 6.07. The fourth-order valence-corrected chi connectivity index (χ4v) is 4.86. The Hall–Kier alpha value is -2.47. The number of benzene rings is 1. The minimum atomic E-state index is -0.741. The summed E-state index contributed by atoms with van der Waals surface area (Å²) in [6.07, 6.45) is 4.39. The summed E-state index contributed by atoms with van der Waals surface area (Å²) in [5.74, 6) is -1.20. The largest absolute Gasteiger partial charge is 0.481 e. The molecule has 1 fully saturated rings. The van der Waals surface area contributed by atoms with E-state index in [0.29, 0.717) is 18.5 Å². The minimum Gasteiger partial charge on any atom is -0.481 e. The highest BCUT2D eigenvalue weighted by atomic mass is 16.4. The highest BCUT2D eigenvalue weighted by Gasteiger charge is 2.32. The van der Waals surface area contributed by atoms with Crippen LogP contribution in [0.4, 0.5) is 0 Å². The number of fused-ring (bicyclic) bond motifs is 2. The van der Waals surface area contributed by atoms with Gasteiger partial charge in [-0.25, -0.2) is 0 Å². The van der Waals surface area contributed by atoms with Gasteiger partial charge in [-0.05, 0) is 31.4 Å². The zero-order chi connectivity index (χ0) is 20.4. The first-order chi connectivity index (χ1) is 14.1. The Labute approximate surface area is 171 Å². The molecule has 4 rings (SSSR count). The lowest BCUT2D eigenvalue weighted by Gasteiger charge is -2.30. The maximum atomic E-state index is 13.3. The van der Waals surface area contributed by atoms with Crippen molar-refractivity contribution in [2.24, 2.45) is 11.8 Å². The molecule has 1 aliphatic heterocycles. The van der Waals surface area contributed by atoms with Crippen LogP contribution in [0.25, 0.3) is 10.9 Å². The third-order valence-electron chi connectivity index (χ3n) is 6.55. The monoisotopic (exact) mass is 395 g/mol. The van der Waals surface area contributed by atoms with Gasteiger partial charge < -0.3 is 10.4 Å². The molecule has 6 nitrogen and oxygen atoms in total. The van der Waals surface area contributed by atoms with Gasteiger partial charge in [0.2, 0.25) is 0 Å². The normalized spacial score (nSPS) is 22.2. The molecule has 2 N–H and O–H groups in total. The quantitative estimate of drug-likeness (QED) is 0.812. The molecule has 1 amide bonds. The number of aromatic nitrogens is 1. The van der Waals surface area contributed by atoms with Gasteiger partial charge in [0.1, 0.15) is 0 Å². The fraction of sp³-hybridized carbons (Fsp3) is 0.522. The number of likely N-dealkylation sites (N-methyl/N-ethyl adjacent to an activating group) is 1. The Balaban J connectivity index is 1.63. The van der Waals surface area contributed by atoms with E-state index in [1.165, 1.54) is 0 Å². The number of amides is 1. The van der Waals surface area contributed by atoms with E-state index in [1.807, 2.05) is 24.3 Å². The van der Waals surface area contributed by atoms with Crippen molar-refractivity contribution < 1.29 is 14.7 Å².